The summed E-state index contributed by atoms with van der Waals surface area (Å²) in [4.78, 5) is 0. The highest BCUT2D eigenvalue weighted by Crippen LogP contribution is 2.50. The molecule has 1 aliphatic carbocycles. The van der Waals surface area contributed by atoms with Crippen LogP contribution < -0.4 is 0 Å². The second-order valence-corrected chi connectivity index (χ2v) is 9.85. The quantitative estimate of drug-likeness (QED) is 0.256. The van der Waals surface area contributed by atoms with E-state index in [4.69, 9.17) is 0 Å². The highest BCUT2D eigenvalue weighted by Gasteiger charge is 2.36. The average Bonchev–Trinajstić information content (AvgIpc) is 3.33. The van der Waals surface area contributed by atoms with Crippen LogP contribution in [0.15, 0.2) is 115 Å². The summed E-state index contributed by atoms with van der Waals surface area (Å²) in [6, 6.07) is 42.1. The molecule has 0 unspecified atom stereocenters. The fourth-order valence-corrected chi connectivity index (χ4v) is 5.90. The molecule has 0 atom stereocenters. The van der Waals surface area contributed by atoms with Gasteiger partial charge in [-0.3, -0.25) is 0 Å². The van der Waals surface area contributed by atoms with Gasteiger partial charge in [-0.25, -0.2) is 0 Å². The van der Waals surface area contributed by atoms with Gasteiger partial charge in [0.15, 0.2) is 0 Å². The molecule has 1 heteroatoms. The Morgan fingerprint density at radius 1 is 0.500 bits per heavy atom. The third-order valence-corrected chi connectivity index (χ3v) is 7.59. The Morgan fingerprint density at radius 3 is 2.12 bits per heavy atom. The lowest BCUT2D eigenvalue weighted by Gasteiger charge is -2.21. The third-order valence-electron chi connectivity index (χ3n) is 7.59. The van der Waals surface area contributed by atoms with Crippen molar-refractivity contribution in [1.82, 2.24) is 4.57 Å². The van der Waals surface area contributed by atoms with Crippen LogP contribution in [-0.4, -0.2) is 4.57 Å². The number of hydrogen-bond acceptors (Lipinski definition) is 0. The molecule has 0 radical (unpaired) electrons. The molecule has 6 aromatic rings. The van der Waals surface area contributed by atoms with Gasteiger partial charge in [0.1, 0.15) is 0 Å². The Hall–Kier alpha value is -4.10. The summed E-state index contributed by atoms with van der Waals surface area (Å²) in [6.07, 6.45) is 0. The summed E-state index contributed by atoms with van der Waals surface area (Å²) in [5, 5.41) is 2.62. The van der Waals surface area contributed by atoms with E-state index in [1.54, 1.807) is 0 Å². The molecule has 162 valence electrons. The molecule has 0 spiro atoms. The first kappa shape index (κ1) is 19.4. The van der Waals surface area contributed by atoms with Gasteiger partial charge in [0, 0.05) is 21.9 Å². The second kappa shape index (κ2) is 6.95. The zero-order chi connectivity index (χ0) is 22.9. The maximum absolute atomic E-state index is 2.45. The summed E-state index contributed by atoms with van der Waals surface area (Å²) in [6.45, 7) is 4.71. The van der Waals surface area contributed by atoms with Gasteiger partial charge in [-0.15, -0.1) is 0 Å². The fourth-order valence-electron chi connectivity index (χ4n) is 5.90. The fraction of sp³-hybridized carbons (Fsp3) is 0.0909. The van der Waals surface area contributed by atoms with Crippen LogP contribution in [0.25, 0.3) is 49.7 Å². The first-order valence-electron chi connectivity index (χ1n) is 12.0. The molecule has 0 aliphatic heterocycles. The van der Waals surface area contributed by atoms with Crippen LogP contribution in [0, 0.1) is 0 Å². The lowest BCUT2D eigenvalue weighted by Crippen LogP contribution is -2.14. The molecule has 0 amide bonds. The highest BCUT2D eigenvalue weighted by molar-refractivity contribution is 6.11. The van der Waals surface area contributed by atoms with Crippen molar-refractivity contribution in [1.29, 1.82) is 0 Å². The van der Waals surface area contributed by atoms with Crippen LogP contribution in [0.4, 0.5) is 0 Å². The number of aromatic nitrogens is 1. The largest absolute Gasteiger partial charge is 0.309 e. The third kappa shape index (κ3) is 2.61. The molecule has 0 bridgehead atoms. The smallest absolute Gasteiger partial charge is 0.0547 e. The lowest BCUT2D eigenvalue weighted by atomic mass is 9.82. The van der Waals surface area contributed by atoms with E-state index in [0.717, 1.165) is 0 Å². The molecular formula is C33H25N. The second-order valence-electron chi connectivity index (χ2n) is 9.85. The van der Waals surface area contributed by atoms with Crippen LogP contribution in [-0.2, 0) is 5.41 Å². The summed E-state index contributed by atoms with van der Waals surface area (Å²) < 4.78 is 2.44. The van der Waals surface area contributed by atoms with E-state index in [-0.39, 0.29) is 5.41 Å². The molecule has 1 aromatic heterocycles. The van der Waals surface area contributed by atoms with E-state index in [2.05, 4.69) is 134 Å². The SMILES string of the molecule is CC1(C)c2ccccc2-c2cc3c(cc21)c1ccccc1n3-c1cccc(-c2ccccc2)c1. The van der Waals surface area contributed by atoms with E-state index in [1.165, 1.54) is 60.9 Å². The van der Waals surface area contributed by atoms with Crippen LogP contribution in [0.3, 0.4) is 0 Å². The van der Waals surface area contributed by atoms with Crippen molar-refractivity contribution in [2.24, 2.45) is 0 Å². The minimum absolute atomic E-state index is 0.00343. The summed E-state index contributed by atoms with van der Waals surface area (Å²) in [5.41, 5.74) is 11.7. The Labute approximate surface area is 199 Å². The minimum Gasteiger partial charge on any atom is -0.309 e. The summed E-state index contributed by atoms with van der Waals surface area (Å²) in [7, 11) is 0. The molecule has 0 N–H and O–H groups in total. The van der Waals surface area contributed by atoms with E-state index in [0.29, 0.717) is 0 Å². The number of hydrogen-bond donors (Lipinski definition) is 0. The van der Waals surface area contributed by atoms with Crippen molar-refractivity contribution in [3.05, 3.63) is 126 Å². The summed E-state index contributed by atoms with van der Waals surface area (Å²) in [5.74, 6) is 0. The molecule has 1 aliphatic rings. The first-order chi connectivity index (χ1) is 16.6. The Kier molecular flexibility index (Phi) is 3.96. The maximum atomic E-state index is 2.45. The van der Waals surface area contributed by atoms with Crippen molar-refractivity contribution < 1.29 is 0 Å². The zero-order valence-electron chi connectivity index (χ0n) is 19.4. The van der Waals surface area contributed by atoms with Crippen molar-refractivity contribution in [3.63, 3.8) is 0 Å². The number of para-hydroxylation sites is 1. The van der Waals surface area contributed by atoms with Gasteiger partial charge in [0.2, 0.25) is 0 Å². The highest BCUT2D eigenvalue weighted by atomic mass is 15.0. The van der Waals surface area contributed by atoms with E-state index in [1.807, 2.05) is 0 Å². The molecule has 5 aromatic carbocycles. The van der Waals surface area contributed by atoms with Crippen molar-refractivity contribution in [2.45, 2.75) is 19.3 Å². The van der Waals surface area contributed by atoms with Crippen LogP contribution in [0.2, 0.25) is 0 Å². The standard InChI is InChI=1S/C33H25N/c1-33(2)29-17-8-6-15-25(29)27-21-32-28(20-30(27)33)26-16-7-9-18-31(26)34(32)24-14-10-13-23(19-24)22-11-4-3-5-12-22/h3-21H,1-2H3. The molecule has 0 saturated carbocycles. The molecule has 7 rings (SSSR count). The van der Waals surface area contributed by atoms with E-state index >= 15 is 0 Å². The van der Waals surface area contributed by atoms with Crippen LogP contribution >= 0.6 is 0 Å². The molecular weight excluding hydrogens is 410 g/mol. The Balaban J connectivity index is 1.56. The predicted octanol–water partition coefficient (Wildman–Crippen LogP) is 8.76. The van der Waals surface area contributed by atoms with Crippen molar-refractivity contribution >= 4 is 21.8 Å². The zero-order valence-corrected chi connectivity index (χ0v) is 19.4. The van der Waals surface area contributed by atoms with E-state index < -0.39 is 0 Å². The van der Waals surface area contributed by atoms with Crippen LogP contribution in [0.1, 0.15) is 25.0 Å². The number of rotatable bonds is 2. The van der Waals surface area contributed by atoms with Crippen molar-refractivity contribution in [2.75, 3.05) is 0 Å². The van der Waals surface area contributed by atoms with Gasteiger partial charge in [0.05, 0.1) is 11.0 Å². The van der Waals surface area contributed by atoms with E-state index in [9.17, 15) is 0 Å². The Morgan fingerprint density at radius 2 is 1.24 bits per heavy atom. The minimum atomic E-state index is -0.00343. The molecule has 0 fully saturated rings. The number of fused-ring (bicyclic) bond motifs is 6. The van der Waals surface area contributed by atoms with Crippen LogP contribution in [0.5, 0.6) is 0 Å². The monoisotopic (exact) mass is 435 g/mol. The van der Waals surface area contributed by atoms with Crippen molar-refractivity contribution in [3.8, 4) is 27.9 Å². The molecule has 1 heterocycles. The van der Waals surface area contributed by atoms with Gasteiger partial charge >= 0.3 is 0 Å². The normalized spacial score (nSPS) is 13.8. The average molecular weight is 436 g/mol. The lowest BCUT2D eigenvalue weighted by molar-refractivity contribution is 0.661. The number of benzene rings is 5. The van der Waals surface area contributed by atoms with Gasteiger partial charge < -0.3 is 4.57 Å². The van der Waals surface area contributed by atoms with Gasteiger partial charge in [0.25, 0.3) is 0 Å². The molecule has 1 nitrogen and oxygen atoms in total. The van der Waals surface area contributed by atoms with Gasteiger partial charge in [-0.1, -0.05) is 98.8 Å². The number of nitrogens with zero attached hydrogens (tertiary/aromatic N) is 1. The molecule has 34 heavy (non-hydrogen) atoms. The maximum Gasteiger partial charge on any atom is 0.0547 e. The summed E-state index contributed by atoms with van der Waals surface area (Å²) >= 11 is 0. The predicted molar refractivity (Wildman–Crippen MR) is 144 cm³/mol. The van der Waals surface area contributed by atoms with Gasteiger partial charge in [-0.2, -0.15) is 0 Å². The molecule has 0 saturated heterocycles. The first-order valence-corrected chi connectivity index (χ1v) is 12.0. The topological polar surface area (TPSA) is 4.93 Å². The van der Waals surface area contributed by atoms with Gasteiger partial charge in [-0.05, 0) is 63.7 Å². The Bertz CT molecular complexity index is 1720.